The highest BCUT2D eigenvalue weighted by molar-refractivity contribution is 8.00. The van der Waals surface area contributed by atoms with Crippen molar-refractivity contribution in [3.63, 3.8) is 0 Å². The van der Waals surface area contributed by atoms with Crippen molar-refractivity contribution in [1.82, 2.24) is 0 Å². The summed E-state index contributed by atoms with van der Waals surface area (Å²) in [4.78, 5) is 1.15. The van der Waals surface area contributed by atoms with Crippen LogP contribution in [0.5, 0.6) is 5.75 Å². The number of rotatable bonds is 6. The Morgan fingerprint density at radius 3 is 1.59 bits per heavy atom. The van der Waals surface area contributed by atoms with Gasteiger partial charge in [-0.05, 0) is 53.1 Å². The lowest BCUT2D eigenvalue weighted by Gasteiger charge is -2.35. The molecule has 0 saturated carbocycles. The van der Waals surface area contributed by atoms with Gasteiger partial charge in [-0.2, -0.15) is 0 Å². The van der Waals surface area contributed by atoms with Crippen LogP contribution in [-0.4, -0.2) is 7.11 Å². The van der Waals surface area contributed by atoms with Crippen LogP contribution in [0.15, 0.2) is 114 Å². The molecule has 0 aliphatic rings. The molecule has 0 bridgehead atoms. The minimum absolute atomic E-state index is 0.414. The van der Waals surface area contributed by atoms with Gasteiger partial charge in [0.1, 0.15) is 5.75 Å². The van der Waals surface area contributed by atoms with Gasteiger partial charge in [0.2, 0.25) is 0 Å². The first-order chi connectivity index (χ1) is 14.2. The molecule has 0 fully saturated rings. The highest BCUT2D eigenvalue weighted by atomic mass is 35.5. The van der Waals surface area contributed by atoms with Crippen LogP contribution in [0.2, 0.25) is 5.02 Å². The van der Waals surface area contributed by atoms with Crippen LogP contribution in [0.25, 0.3) is 0 Å². The van der Waals surface area contributed by atoms with Crippen LogP contribution >= 0.6 is 23.4 Å². The van der Waals surface area contributed by atoms with Crippen molar-refractivity contribution in [2.75, 3.05) is 7.11 Å². The Bertz CT molecular complexity index is 1010. The number of benzene rings is 4. The maximum Gasteiger partial charge on any atom is 0.118 e. The minimum atomic E-state index is -0.414. The second-order valence-electron chi connectivity index (χ2n) is 6.70. The lowest BCUT2D eigenvalue weighted by molar-refractivity contribution is 0.414. The lowest BCUT2D eigenvalue weighted by Crippen LogP contribution is -2.25. The normalized spacial score (nSPS) is 11.2. The van der Waals surface area contributed by atoms with Gasteiger partial charge in [0.25, 0.3) is 0 Å². The van der Waals surface area contributed by atoms with Crippen molar-refractivity contribution in [2.24, 2.45) is 0 Å². The Morgan fingerprint density at radius 2 is 1.10 bits per heavy atom. The van der Waals surface area contributed by atoms with Gasteiger partial charge in [0.05, 0.1) is 11.9 Å². The first-order valence-electron chi connectivity index (χ1n) is 9.42. The maximum absolute atomic E-state index is 6.14. The Kier molecular flexibility index (Phi) is 5.94. The molecule has 0 atom stereocenters. The summed E-state index contributed by atoms with van der Waals surface area (Å²) in [6, 6.07) is 37.7. The SMILES string of the molecule is COc1ccc(C(Sc2ccc(Cl)cc2)(c2ccccc2)c2ccccc2)cc1. The van der Waals surface area contributed by atoms with E-state index in [9.17, 15) is 0 Å². The topological polar surface area (TPSA) is 9.23 Å². The van der Waals surface area contributed by atoms with Crippen LogP contribution in [0, 0.1) is 0 Å². The largest absolute Gasteiger partial charge is 0.497 e. The summed E-state index contributed by atoms with van der Waals surface area (Å²) < 4.78 is 4.99. The molecule has 4 aromatic carbocycles. The van der Waals surface area contributed by atoms with Gasteiger partial charge in [-0.15, -0.1) is 11.8 Å². The van der Waals surface area contributed by atoms with E-state index in [-0.39, 0.29) is 0 Å². The van der Waals surface area contributed by atoms with Crippen molar-refractivity contribution >= 4 is 23.4 Å². The van der Waals surface area contributed by atoms with E-state index in [1.807, 2.05) is 36.0 Å². The molecule has 1 nitrogen and oxygen atoms in total. The van der Waals surface area contributed by atoms with Crippen molar-refractivity contribution in [1.29, 1.82) is 0 Å². The van der Waals surface area contributed by atoms with Gasteiger partial charge in [-0.1, -0.05) is 84.4 Å². The molecule has 144 valence electrons. The predicted octanol–water partition coefficient (Wildman–Crippen LogP) is 7.43. The maximum atomic E-state index is 6.14. The summed E-state index contributed by atoms with van der Waals surface area (Å²) in [5, 5.41) is 0.740. The summed E-state index contributed by atoms with van der Waals surface area (Å²) in [6.07, 6.45) is 0. The number of hydrogen-bond acceptors (Lipinski definition) is 2. The van der Waals surface area contributed by atoms with Gasteiger partial charge in [-0.25, -0.2) is 0 Å². The summed E-state index contributed by atoms with van der Waals surface area (Å²) in [6.45, 7) is 0. The molecule has 0 aliphatic heterocycles. The van der Waals surface area contributed by atoms with E-state index < -0.39 is 4.75 Å². The fraction of sp³-hybridized carbons (Fsp3) is 0.0769. The molecule has 0 saturated heterocycles. The molecule has 0 unspecified atom stereocenters. The standard InChI is InChI=1S/C26H21ClOS/c1-28-24-16-12-22(13-17-24)26(20-8-4-2-5-9-20,21-10-6-3-7-11-21)29-25-18-14-23(27)15-19-25/h2-19H,1H3. The van der Waals surface area contributed by atoms with Crippen LogP contribution in [0.1, 0.15) is 16.7 Å². The number of halogens is 1. The molecule has 4 rings (SSSR count). The average Bonchev–Trinajstić information content (AvgIpc) is 2.80. The molecular formula is C26H21ClOS. The first kappa shape index (κ1) is 19.6. The fourth-order valence-corrected chi connectivity index (χ4v) is 5.04. The zero-order valence-corrected chi connectivity index (χ0v) is 17.7. The highest BCUT2D eigenvalue weighted by Gasteiger charge is 2.37. The Morgan fingerprint density at radius 1 is 0.621 bits per heavy atom. The minimum Gasteiger partial charge on any atom is -0.497 e. The average molecular weight is 417 g/mol. The quantitative estimate of drug-likeness (QED) is 0.238. The number of ether oxygens (including phenoxy) is 1. The van der Waals surface area contributed by atoms with Gasteiger partial charge in [0.15, 0.2) is 0 Å². The van der Waals surface area contributed by atoms with Crippen molar-refractivity contribution in [2.45, 2.75) is 9.64 Å². The molecule has 0 aliphatic carbocycles. The lowest BCUT2D eigenvalue weighted by atomic mass is 9.84. The van der Waals surface area contributed by atoms with Crippen molar-refractivity contribution in [3.05, 3.63) is 131 Å². The van der Waals surface area contributed by atoms with Gasteiger partial charge >= 0.3 is 0 Å². The fourth-order valence-electron chi connectivity index (χ4n) is 3.53. The van der Waals surface area contributed by atoms with Crippen LogP contribution in [0.4, 0.5) is 0 Å². The number of hydrogen-bond donors (Lipinski definition) is 0. The second-order valence-corrected chi connectivity index (χ2v) is 8.42. The van der Waals surface area contributed by atoms with Gasteiger partial charge in [0, 0.05) is 9.92 Å². The van der Waals surface area contributed by atoms with Crippen LogP contribution in [0.3, 0.4) is 0 Å². The van der Waals surface area contributed by atoms with E-state index in [1.165, 1.54) is 16.7 Å². The number of thioether (sulfide) groups is 1. The van der Waals surface area contributed by atoms with E-state index in [0.29, 0.717) is 0 Å². The second kappa shape index (κ2) is 8.77. The van der Waals surface area contributed by atoms with E-state index in [1.54, 1.807) is 7.11 Å². The predicted molar refractivity (Wildman–Crippen MR) is 123 cm³/mol. The molecule has 0 spiro atoms. The third-order valence-electron chi connectivity index (χ3n) is 4.94. The molecule has 4 aromatic rings. The smallest absolute Gasteiger partial charge is 0.118 e. The summed E-state index contributed by atoms with van der Waals surface area (Å²) in [7, 11) is 1.69. The summed E-state index contributed by atoms with van der Waals surface area (Å²) in [5.41, 5.74) is 3.63. The molecule has 3 heteroatoms. The molecular weight excluding hydrogens is 396 g/mol. The first-order valence-corrected chi connectivity index (χ1v) is 10.6. The highest BCUT2D eigenvalue weighted by Crippen LogP contribution is 2.51. The Labute approximate surface area is 181 Å². The van der Waals surface area contributed by atoms with E-state index >= 15 is 0 Å². The third kappa shape index (κ3) is 4.05. The number of methoxy groups -OCH3 is 1. The molecule has 0 heterocycles. The summed E-state index contributed by atoms with van der Waals surface area (Å²) in [5.74, 6) is 0.847. The Hall–Kier alpha value is -2.68. The molecule has 0 aromatic heterocycles. The van der Waals surface area contributed by atoms with Gasteiger partial charge in [-0.3, -0.25) is 0 Å². The zero-order valence-electron chi connectivity index (χ0n) is 16.1. The van der Waals surface area contributed by atoms with E-state index in [4.69, 9.17) is 16.3 Å². The monoisotopic (exact) mass is 416 g/mol. The van der Waals surface area contributed by atoms with Crippen LogP contribution in [-0.2, 0) is 4.75 Å². The molecule has 0 radical (unpaired) electrons. The molecule has 0 N–H and O–H groups in total. The van der Waals surface area contributed by atoms with E-state index in [2.05, 4.69) is 84.9 Å². The van der Waals surface area contributed by atoms with Gasteiger partial charge < -0.3 is 4.74 Å². The molecule has 29 heavy (non-hydrogen) atoms. The Balaban J connectivity index is 1.97. The third-order valence-corrected chi connectivity index (χ3v) is 6.71. The van der Waals surface area contributed by atoms with E-state index in [0.717, 1.165) is 15.7 Å². The van der Waals surface area contributed by atoms with Crippen molar-refractivity contribution in [3.8, 4) is 5.75 Å². The van der Waals surface area contributed by atoms with Crippen molar-refractivity contribution < 1.29 is 4.74 Å². The zero-order chi connectivity index (χ0) is 20.1. The molecule has 0 amide bonds. The van der Waals surface area contributed by atoms with Crippen LogP contribution < -0.4 is 4.74 Å². The summed E-state index contributed by atoms with van der Waals surface area (Å²) >= 11 is 7.96.